The second kappa shape index (κ2) is 11.7. The zero-order chi connectivity index (χ0) is 27.4. The van der Waals surface area contributed by atoms with Gasteiger partial charge < -0.3 is 24.2 Å². The standard InChI is InChI=1S/C23H28N3O9PS/c1-5-23(19(29)18(28)20(34-23)26-12-11-17(27)24-22(26)37)13-32-36(31,35-16-9-7-6-8-10-16)25-15(4)21(30)33-14(2)3/h1,6-12,14-15,18-20,28-29H,13H2,2-4H3,(H,25,31)(H,24,27,37)/t15-,18+,19-,20+,23+,36?/m0/s1. The first-order chi connectivity index (χ1) is 17.4. The zero-order valence-corrected chi connectivity index (χ0v) is 22.0. The van der Waals surface area contributed by atoms with Crippen LogP contribution in [0.15, 0.2) is 47.4 Å². The van der Waals surface area contributed by atoms with E-state index in [1.807, 2.05) is 0 Å². The molecule has 6 atom stereocenters. The number of carbonyl (C=O) groups excluding carboxylic acids is 1. The number of aliphatic hydroxyl groups is 2. The van der Waals surface area contributed by atoms with Crippen molar-refractivity contribution in [3.63, 3.8) is 0 Å². The summed E-state index contributed by atoms with van der Waals surface area (Å²) in [7, 11) is -4.35. The van der Waals surface area contributed by atoms with E-state index in [1.165, 1.54) is 29.8 Å². The van der Waals surface area contributed by atoms with Crippen LogP contribution in [0.5, 0.6) is 5.75 Å². The van der Waals surface area contributed by atoms with Gasteiger partial charge in [0.1, 0.15) is 30.6 Å². The van der Waals surface area contributed by atoms with Crippen LogP contribution in [0.25, 0.3) is 0 Å². The number of H-pyrrole nitrogens is 1. The lowest BCUT2D eigenvalue weighted by atomic mass is 9.97. The molecule has 1 unspecified atom stereocenters. The Labute approximate surface area is 218 Å². The Morgan fingerprint density at radius 2 is 2.00 bits per heavy atom. The van der Waals surface area contributed by atoms with Gasteiger partial charge in [-0.25, -0.2) is 4.57 Å². The van der Waals surface area contributed by atoms with Crippen LogP contribution >= 0.6 is 20.0 Å². The van der Waals surface area contributed by atoms with Crippen molar-refractivity contribution in [2.75, 3.05) is 6.61 Å². The third-order valence-electron chi connectivity index (χ3n) is 5.27. The summed E-state index contributed by atoms with van der Waals surface area (Å²) in [5, 5.41) is 24.0. The second-order valence-electron chi connectivity index (χ2n) is 8.51. The van der Waals surface area contributed by atoms with E-state index < -0.39 is 62.1 Å². The number of ether oxygens (including phenoxy) is 2. The van der Waals surface area contributed by atoms with Crippen molar-refractivity contribution in [3.05, 3.63) is 57.7 Å². The molecule has 2 heterocycles. The van der Waals surface area contributed by atoms with Gasteiger partial charge in [-0.2, -0.15) is 5.09 Å². The highest BCUT2D eigenvalue weighted by molar-refractivity contribution is 7.71. The molecule has 1 fully saturated rings. The Hall–Kier alpha value is -2.82. The van der Waals surface area contributed by atoms with Crippen LogP contribution in [0.2, 0.25) is 0 Å². The molecule has 12 nitrogen and oxygen atoms in total. The largest absolute Gasteiger partial charge is 0.462 e. The summed E-state index contributed by atoms with van der Waals surface area (Å²) in [4.78, 5) is 26.2. The van der Waals surface area contributed by atoms with Crippen molar-refractivity contribution in [2.24, 2.45) is 0 Å². The molecule has 3 rings (SSSR count). The van der Waals surface area contributed by atoms with Crippen LogP contribution in [-0.2, 0) is 23.4 Å². The summed E-state index contributed by atoms with van der Waals surface area (Å²) in [5.74, 6) is 1.70. The summed E-state index contributed by atoms with van der Waals surface area (Å²) >= 11 is 5.11. The number of terminal acetylenes is 1. The lowest BCUT2D eigenvalue weighted by Crippen LogP contribution is -2.46. The molecular formula is C23H28N3O9PS. The van der Waals surface area contributed by atoms with E-state index in [9.17, 15) is 24.4 Å². The molecule has 0 aliphatic carbocycles. The van der Waals surface area contributed by atoms with E-state index in [2.05, 4.69) is 16.0 Å². The van der Waals surface area contributed by atoms with Crippen LogP contribution in [0.1, 0.15) is 27.0 Å². The molecule has 0 bridgehead atoms. The molecule has 1 aromatic heterocycles. The SMILES string of the molecule is C#C[C@]1(COP(=O)(N[C@@H](C)C(=O)OC(C)C)Oc2ccccc2)O[C@@H](n2ccc(=O)[nH]c2=S)[C@H](O)[C@@H]1O. The van der Waals surface area contributed by atoms with E-state index in [0.717, 1.165) is 6.07 Å². The maximum Gasteiger partial charge on any atom is 0.459 e. The number of hydrogen-bond acceptors (Lipinski definition) is 10. The second-order valence-corrected chi connectivity index (χ2v) is 10.6. The van der Waals surface area contributed by atoms with Crippen molar-refractivity contribution in [1.82, 2.24) is 14.6 Å². The van der Waals surface area contributed by atoms with Crippen molar-refractivity contribution in [1.29, 1.82) is 0 Å². The van der Waals surface area contributed by atoms with E-state index >= 15 is 0 Å². The van der Waals surface area contributed by atoms with Gasteiger partial charge in [0.15, 0.2) is 16.6 Å². The van der Waals surface area contributed by atoms with Gasteiger partial charge in [-0.05, 0) is 45.1 Å². The molecule has 0 radical (unpaired) electrons. The summed E-state index contributed by atoms with van der Waals surface area (Å²) < 4.78 is 36.9. The zero-order valence-electron chi connectivity index (χ0n) is 20.3. The number of benzene rings is 1. The quantitative estimate of drug-likeness (QED) is 0.147. The number of nitrogens with zero attached hydrogens (tertiary/aromatic N) is 1. The summed E-state index contributed by atoms with van der Waals surface area (Å²) in [6, 6.07) is 8.05. The van der Waals surface area contributed by atoms with Crippen LogP contribution in [0, 0.1) is 17.1 Å². The van der Waals surface area contributed by atoms with E-state index in [4.69, 9.17) is 37.2 Å². The average molecular weight is 554 g/mol. The van der Waals surface area contributed by atoms with Crippen LogP contribution in [-0.4, -0.2) is 62.3 Å². The molecule has 1 aliphatic heterocycles. The molecule has 0 amide bonds. The average Bonchev–Trinajstić information content (AvgIpc) is 3.08. The summed E-state index contributed by atoms with van der Waals surface area (Å²) in [6.07, 6.45) is 1.89. The first-order valence-electron chi connectivity index (χ1n) is 11.2. The van der Waals surface area contributed by atoms with E-state index in [-0.39, 0.29) is 10.5 Å². The topological polar surface area (TPSA) is 161 Å². The number of esters is 1. The fraction of sp³-hybridized carbons (Fsp3) is 0.435. The van der Waals surface area contributed by atoms with Crippen molar-refractivity contribution in [2.45, 2.75) is 57.0 Å². The molecule has 0 spiro atoms. The van der Waals surface area contributed by atoms with Gasteiger partial charge in [0.05, 0.1) is 6.10 Å². The number of aliphatic hydroxyl groups excluding tert-OH is 2. The highest BCUT2D eigenvalue weighted by atomic mass is 32.1. The van der Waals surface area contributed by atoms with Gasteiger partial charge in [0, 0.05) is 12.3 Å². The molecule has 4 N–H and O–H groups in total. The fourth-order valence-corrected chi connectivity index (χ4v) is 5.22. The summed E-state index contributed by atoms with van der Waals surface area (Å²) in [6.45, 7) is 4.00. The normalized spacial score (nSPS) is 25.7. The maximum absolute atomic E-state index is 13.7. The van der Waals surface area contributed by atoms with Crippen molar-refractivity contribution in [3.8, 4) is 18.1 Å². The predicted molar refractivity (Wildman–Crippen MR) is 134 cm³/mol. The smallest absolute Gasteiger partial charge is 0.459 e. The van der Waals surface area contributed by atoms with Crippen LogP contribution in [0.3, 0.4) is 0 Å². The van der Waals surface area contributed by atoms with Crippen molar-refractivity contribution >= 4 is 25.9 Å². The number of carbonyl (C=O) groups is 1. The number of aromatic nitrogens is 2. The molecule has 1 saturated heterocycles. The van der Waals surface area contributed by atoms with E-state index in [1.54, 1.807) is 32.0 Å². The van der Waals surface area contributed by atoms with Crippen LogP contribution in [0.4, 0.5) is 0 Å². The minimum Gasteiger partial charge on any atom is -0.462 e. The molecule has 1 aromatic carbocycles. The Morgan fingerprint density at radius 1 is 1.32 bits per heavy atom. The molecule has 37 heavy (non-hydrogen) atoms. The Balaban J connectivity index is 1.87. The van der Waals surface area contributed by atoms with Gasteiger partial charge in [-0.15, -0.1) is 6.42 Å². The first kappa shape index (κ1) is 28.7. The molecule has 2 aromatic rings. The Bertz CT molecular complexity index is 1310. The van der Waals surface area contributed by atoms with Gasteiger partial charge in [0.25, 0.3) is 5.56 Å². The van der Waals surface area contributed by atoms with E-state index in [0.29, 0.717) is 0 Å². The van der Waals surface area contributed by atoms with Gasteiger partial charge in [-0.1, -0.05) is 24.1 Å². The number of rotatable bonds is 10. The van der Waals surface area contributed by atoms with Crippen LogP contribution < -0.4 is 15.2 Å². The maximum atomic E-state index is 13.7. The fourth-order valence-electron chi connectivity index (χ4n) is 3.43. The minimum atomic E-state index is -4.35. The Kier molecular flexibility index (Phi) is 9.09. The van der Waals surface area contributed by atoms with Gasteiger partial charge in [0.2, 0.25) is 0 Å². The Morgan fingerprint density at radius 3 is 2.59 bits per heavy atom. The molecule has 14 heteroatoms. The number of aromatic amines is 1. The first-order valence-corrected chi connectivity index (χ1v) is 13.2. The van der Waals surface area contributed by atoms with Gasteiger partial charge >= 0.3 is 13.7 Å². The number of nitrogens with one attached hydrogen (secondary N) is 2. The summed E-state index contributed by atoms with van der Waals surface area (Å²) in [5.41, 5.74) is -2.48. The van der Waals surface area contributed by atoms with Crippen molar-refractivity contribution < 1.29 is 38.1 Å². The highest BCUT2D eigenvalue weighted by Crippen LogP contribution is 2.47. The molecule has 200 valence electrons. The molecule has 1 aliphatic rings. The molecular weight excluding hydrogens is 525 g/mol. The third kappa shape index (κ3) is 6.74. The number of hydrogen-bond donors (Lipinski definition) is 4. The minimum absolute atomic E-state index is 0.0882. The highest BCUT2D eigenvalue weighted by Gasteiger charge is 2.55. The number of para-hydroxylation sites is 1. The predicted octanol–water partition coefficient (Wildman–Crippen LogP) is 1.66. The third-order valence-corrected chi connectivity index (χ3v) is 7.21. The lowest BCUT2D eigenvalue weighted by Gasteiger charge is -2.29. The molecule has 0 saturated carbocycles. The monoisotopic (exact) mass is 553 g/mol. The van der Waals surface area contributed by atoms with Gasteiger partial charge in [-0.3, -0.25) is 23.7 Å². The lowest BCUT2D eigenvalue weighted by molar-refractivity contribution is -0.149.